The van der Waals surface area contributed by atoms with E-state index in [2.05, 4.69) is 4.98 Å². The number of rotatable bonds is 1. The Balaban J connectivity index is 2.79. The number of nitrogens with zero attached hydrogens (tertiary/aromatic N) is 1. The lowest BCUT2D eigenvalue weighted by Crippen LogP contribution is -2.06. The van der Waals surface area contributed by atoms with Crippen molar-refractivity contribution >= 4 is 10.9 Å². The maximum atomic E-state index is 11.6. The topological polar surface area (TPSA) is 43.1 Å². The van der Waals surface area contributed by atoms with Crippen molar-refractivity contribution in [3.8, 4) is 0 Å². The standard InChI is InChI=1S/C12H13NO2/c1-7(2)11-13-10-5-4-8(3)6-9(10)12(14)15-11/h4-7H,1-3H3. The molecule has 2 aromatic rings. The minimum Gasteiger partial charge on any atom is -0.408 e. The Bertz CT molecular complexity index is 555. The highest BCUT2D eigenvalue weighted by atomic mass is 16.4. The summed E-state index contributed by atoms with van der Waals surface area (Å²) in [5, 5.41) is 0.555. The Morgan fingerprint density at radius 1 is 1.33 bits per heavy atom. The molecule has 2 rings (SSSR count). The van der Waals surface area contributed by atoms with Crippen LogP contribution in [-0.4, -0.2) is 4.98 Å². The van der Waals surface area contributed by atoms with Crippen molar-refractivity contribution in [1.82, 2.24) is 4.98 Å². The summed E-state index contributed by atoms with van der Waals surface area (Å²) >= 11 is 0. The Morgan fingerprint density at radius 2 is 2.07 bits per heavy atom. The first-order valence-electron chi connectivity index (χ1n) is 4.99. The Hall–Kier alpha value is -1.64. The number of benzene rings is 1. The molecule has 0 amide bonds. The lowest BCUT2D eigenvalue weighted by molar-refractivity contribution is 0.424. The van der Waals surface area contributed by atoms with Crippen molar-refractivity contribution in [2.75, 3.05) is 0 Å². The van der Waals surface area contributed by atoms with Gasteiger partial charge in [-0.1, -0.05) is 25.5 Å². The van der Waals surface area contributed by atoms with E-state index in [0.717, 1.165) is 5.56 Å². The highest BCUT2D eigenvalue weighted by Gasteiger charge is 2.08. The van der Waals surface area contributed by atoms with Gasteiger partial charge in [0.25, 0.3) is 0 Å². The highest BCUT2D eigenvalue weighted by molar-refractivity contribution is 5.77. The van der Waals surface area contributed by atoms with Crippen molar-refractivity contribution in [2.24, 2.45) is 0 Å². The second kappa shape index (κ2) is 3.50. The van der Waals surface area contributed by atoms with Gasteiger partial charge in [0, 0.05) is 5.92 Å². The van der Waals surface area contributed by atoms with Gasteiger partial charge in [0.2, 0.25) is 5.89 Å². The Morgan fingerprint density at radius 3 is 2.73 bits per heavy atom. The van der Waals surface area contributed by atoms with Crippen LogP contribution >= 0.6 is 0 Å². The van der Waals surface area contributed by atoms with E-state index in [1.807, 2.05) is 32.9 Å². The lowest BCUT2D eigenvalue weighted by Gasteiger charge is -2.03. The Kier molecular flexibility index (Phi) is 2.31. The number of fused-ring (bicyclic) bond motifs is 1. The summed E-state index contributed by atoms with van der Waals surface area (Å²) in [6.45, 7) is 5.84. The van der Waals surface area contributed by atoms with Gasteiger partial charge in [-0.2, -0.15) is 0 Å². The third-order valence-electron chi connectivity index (χ3n) is 2.29. The molecule has 78 valence electrons. The van der Waals surface area contributed by atoms with Crippen LogP contribution in [0.2, 0.25) is 0 Å². The molecule has 1 aromatic carbocycles. The third-order valence-corrected chi connectivity index (χ3v) is 2.29. The molecule has 1 heterocycles. The molecular formula is C12H13NO2. The van der Waals surface area contributed by atoms with Gasteiger partial charge in [0.05, 0.1) is 10.9 Å². The molecule has 3 nitrogen and oxygen atoms in total. The number of aromatic nitrogens is 1. The number of aryl methyl sites for hydroxylation is 1. The summed E-state index contributed by atoms with van der Waals surface area (Å²) in [5.41, 5.74) is 1.45. The molecule has 15 heavy (non-hydrogen) atoms. The number of hydrogen-bond acceptors (Lipinski definition) is 3. The maximum absolute atomic E-state index is 11.6. The molecule has 0 atom stereocenters. The first-order valence-corrected chi connectivity index (χ1v) is 4.99. The maximum Gasteiger partial charge on any atom is 0.346 e. The van der Waals surface area contributed by atoms with Crippen LogP contribution in [0.4, 0.5) is 0 Å². The molecule has 1 aromatic heterocycles. The van der Waals surface area contributed by atoms with Crippen LogP contribution in [-0.2, 0) is 0 Å². The smallest absolute Gasteiger partial charge is 0.346 e. The van der Waals surface area contributed by atoms with Gasteiger partial charge in [0.1, 0.15) is 0 Å². The molecule has 0 bridgehead atoms. The minimum absolute atomic E-state index is 0.128. The highest BCUT2D eigenvalue weighted by Crippen LogP contribution is 2.15. The second-order valence-corrected chi connectivity index (χ2v) is 4.01. The largest absolute Gasteiger partial charge is 0.408 e. The van der Waals surface area contributed by atoms with Crippen molar-refractivity contribution in [1.29, 1.82) is 0 Å². The van der Waals surface area contributed by atoms with Crippen molar-refractivity contribution in [3.05, 3.63) is 40.1 Å². The molecule has 0 aliphatic rings. The Labute approximate surface area is 87.8 Å². The fourth-order valence-electron chi connectivity index (χ4n) is 1.45. The predicted octanol–water partition coefficient (Wildman–Crippen LogP) is 2.62. The normalized spacial score (nSPS) is 11.2. The van der Waals surface area contributed by atoms with E-state index < -0.39 is 0 Å². The van der Waals surface area contributed by atoms with Crippen LogP contribution in [0.3, 0.4) is 0 Å². The van der Waals surface area contributed by atoms with Gasteiger partial charge < -0.3 is 4.42 Å². The zero-order valence-corrected chi connectivity index (χ0v) is 9.07. The molecule has 0 saturated carbocycles. The lowest BCUT2D eigenvalue weighted by atomic mass is 10.1. The summed E-state index contributed by atoms with van der Waals surface area (Å²) in [6.07, 6.45) is 0. The summed E-state index contributed by atoms with van der Waals surface area (Å²) in [5.74, 6) is 0.625. The molecule has 0 N–H and O–H groups in total. The molecule has 0 fully saturated rings. The average molecular weight is 203 g/mol. The summed E-state index contributed by atoms with van der Waals surface area (Å²) in [7, 11) is 0. The summed E-state index contributed by atoms with van der Waals surface area (Å²) in [4.78, 5) is 16.0. The fourth-order valence-corrected chi connectivity index (χ4v) is 1.45. The van der Waals surface area contributed by atoms with Gasteiger partial charge in [-0.25, -0.2) is 9.78 Å². The van der Waals surface area contributed by atoms with Crippen LogP contribution in [0.5, 0.6) is 0 Å². The van der Waals surface area contributed by atoms with Crippen LogP contribution in [0.25, 0.3) is 10.9 Å². The SMILES string of the molecule is Cc1ccc2nc(C(C)C)oc(=O)c2c1. The van der Waals surface area contributed by atoms with Crippen LogP contribution in [0.15, 0.2) is 27.4 Å². The van der Waals surface area contributed by atoms with E-state index >= 15 is 0 Å². The van der Waals surface area contributed by atoms with Crippen LogP contribution in [0, 0.1) is 6.92 Å². The van der Waals surface area contributed by atoms with E-state index in [0.29, 0.717) is 16.8 Å². The summed E-state index contributed by atoms with van der Waals surface area (Å²) < 4.78 is 5.14. The zero-order valence-electron chi connectivity index (χ0n) is 9.07. The van der Waals surface area contributed by atoms with Gasteiger partial charge in [0.15, 0.2) is 0 Å². The second-order valence-electron chi connectivity index (χ2n) is 4.01. The molecule has 0 unspecified atom stereocenters. The van der Waals surface area contributed by atoms with Crippen LogP contribution in [0.1, 0.15) is 31.2 Å². The van der Waals surface area contributed by atoms with Crippen molar-refractivity contribution in [2.45, 2.75) is 26.7 Å². The first-order chi connectivity index (χ1) is 7.08. The van der Waals surface area contributed by atoms with E-state index in [4.69, 9.17) is 4.42 Å². The minimum atomic E-state index is -0.299. The van der Waals surface area contributed by atoms with Gasteiger partial charge in [-0.05, 0) is 19.1 Å². The van der Waals surface area contributed by atoms with Crippen molar-refractivity contribution in [3.63, 3.8) is 0 Å². The zero-order chi connectivity index (χ0) is 11.0. The van der Waals surface area contributed by atoms with Gasteiger partial charge in [-0.3, -0.25) is 0 Å². The van der Waals surface area contributed by atoms with Crippen molar-refractivity contribution < 1.29 is 4.42 Å². The molecule has 0 radical (unpaired) electrons. The molecule has 3 heteroatoms. The van der Waals surface area contributed by atoms with E-state index in [-0.39, 0.29) is 11.5 Å². The molecule has 0 spiro atoms. The van der Waals surface area contributed by atoms with Gasteiger partial charge in [-0.15, -0.1) is 0 Å². The molecule has 0 aliphatic carbocycles. The molecular weight excluding hydrogens is 190 g/mol. The quantitative estimate of drug-likeness (QED) is 0.715. The average Bonchev–Trinajstić information content (AvgIpc) is 2.18. The van der Waals surface area contributed by atoms with E-state index in [9.17, 15) is 4.79 Å². The number of hydrogen-bond donors (Lipinski definition) is 0. The summed E-state index contributed by atoms with van der Waals surface area (Å²) in [6, 6.07) is 5.60. The van der Waals surface area contributed by atoms with Gasteiger partial charge >= 0.3 is 5.63 Å². The van der Waals surface area contributed by atoms with Crippen LogP contribution < -0.4 is 5.63 Å². The fraction of sp³-hybridized carbons (Fsp3) is 0.333. The van der Waals surface area contributed by atoms with E-state index in [1.165, 1.54) is 0 Å². The third kappa shape index (κ3) is 1.77. The molecule has 0 saturated heterocycles. The predicted molar refractivity (Wildman–Crippen MR) is 59.1 cm³/mol. The first kappa shape index (κ1) is 9.90. The molecule has 0 aliphatic heterocycles. The van der Waals surface area contributed by atoms with E-state index in [1.54, 1.807) is 6.07 Å². The monoisotopic (exact) mass is 203 g/mol.